The van der Waals surface area contributed by atoms with E-state index in [0.717, 1.165) is 15.6 Å². The van der Waals surface area contributed by atoms with Crippen LogP contribution in [0.2, 0.25) is 0 Å². The van der Waals surface area contributed by atoms with E-state index in [1.165, 1.54) is 4.68 Å². The summed E-state index contributed by atoms with van der Waals surface area (Å²) in [5.41, 5.74) is 9.04. The Morgan fingerprint density at radius 3 is 2.62 bits per heavy atom. The van der Waals surface area contributed by atoms with E-state index < -0.39 is 0 Å². The van der Waals surface area contributed by atoms with Crippen LogP contribution in [0, 0.1) is 6.92 Å². The molecule has 3 N–H and O–H groups in total. The second-order valence-electron chi connectivity index (χ2n) is 5.37. The number of nitrogen functional groups attached to an aromatic ring is 1. The number of hydrogen-bond acceptors (Lipinski definition) is 4. The average molecular weight is 386 g/mol. The minimum absolute atomic E-state index is 0.117. The monoisotopic (exact) mass is 385 g/mol. The lowest BCUT2D eigenvalue weighted by Crippen LogP contribution is -2.15. The minimum Gasteiger partial charge on any atom is -0.382 e. The van der Waals surface area contributed by atoms with Gasteiger partial charge in [0.15, 0.2) is 11.5 Å². The van der Waals surface area contributed by atoms with Crippen molar-refractivity contribution in [1.29, 1.82) is 0 Å². The summed E-state index contributed by atoms with van der Waals surface area (Å²) in [7, 11) is 0. The lowest BCUT2D eigenvalue weighted by molar-refractivity contribution is 0.102. The largest absolute Gasteiger partial charge is 0.382 e. The Kier molecular flexibility index (Phi) is 4.61. The number of carbonyl (C=O) groups is 1. The molecule has 0 saturated carbocycles. The fourth-order valence-electron chi connectivity index (χ4n) is 2.27. The first-order valence-corrected chi connectivity index (χ1v) is 8.14. The zero-order chi connectivity index (χ0) is 17.1. The van der Waals surface area contributed by atoms with E-state index in [9.17, 15) is 4.79 Å². The van der Waals surface area contributed by atoms with Gasteiger partial charge >= 0.3 is 0 Å². The molecule has 3 rings (SSSR count). The quantitative estimate of drug-likeness (QED) is 0.721. The summed E-state index contributed by atoms with van der Waals surface area (Å²) in [4.78, 5) is 12.3. The third kappa shape index (κ3) is 3.46. The Morgan fingerprint density at radius 1 is 1.21 bits per heavy atom. The number of nitrogens with one attached hydrogen (secondary N) is 1. The van der Waals surface area contributed by atoms with Gasteiger partial charge in [0, 0.05) is 10.2 Å². The summed E-state index contributed by atoms with van der Waals surface area (Å²) in [5.74, 6) is -0.140. The van der Waals surface area contributed by atoms with Gasteiger partial charge in [-0.25, -0.2) is 4.68 Å². The maximum Gasteiger partial charge on any atom is 0.280 e. The summed E-state index contributed by atoms with van der Waals surface area (Å²) in [5, 5.41) is 10.7. The molecule has 0 radical (unpaired) electrons. The van der Waals surface area contributed by atoms with E-state index in [-0.39, 0.29) is 17.4 Å². The van der Waals surface area contributed by atoms with Crippen molar-refractivity contribution >= 4 is 33.3 Å². The molecule has 0 saturated heterocycles. The van der Waals surface area contributed by atoms with Crippen molar-refractivity contribution in [1.82, 2.24) is 15.0 Å². The van der Waals surface area contributed by atoms with Crippen LogP contribution in [0.25, 0.3) is 0 Å². The first-order chi connectivity index (χ1) is 11.5. The van der Waals surface area contributed by atoms with Crippen molar-refractivity contribution in [3.63, 3.8) is 0 Å². The highest BCUT2D eigenvalue weighted by Crippen LogP contribution is 2.17. The number of aromatic nitrogens is 3. The van der Waals surface area contributed by atoms with Crippen molar-refractivity contribution in [3.8, 4) is 0 Å². The van der Waals surface area contributed by atoms with Crippen LogP contribution in [0.1, 0.15) is 21.6 Å². The SMILES string of the molecule is Cc1ccccc1Cn1nnc(C(=O)Nc2ccc(Br)cc2)c1N. The number of nitrogens with zero attached hydrogens (tertiary/aromatic N) is 3. The van der Waals surface area contributed by atoms with Crippen LogP contribution in [0.4, 0.5) is 11.5 Å². The second kappa shape index (κ2) is 6.84. The van der Waals surface area contributed by atoms with Gasteiger partial charge in [-0.2, -0.15) is 0 Å². The molecule has 1 amide bonds. The van der Waals surface area contributed by atoms with E-state index in [4.69, 9.17) is 5.73 Å². The fourth-order valence-corrected chi connectivity index (χ4v) is 2.54. The van der Waals surface area contributed by atoms with Gasteiger partial charge in [0.2, 0.25) is 0 Å². The van der Waals surface area contributed by atoms with Crippen LogP contribution in [0.15, 0.2) is 53.0 Å². The van der Waals surface area contributed by atoms with E-state index in [2.05, 4.69) is 31.6 Å². The Balaban J connectivity index is 1.78. The van der Waals surface area contributed by atoms with Crippen molar-refractivity contribution in [3.05, 3.63) is 69.8 Å². The summed E-state index contributed by atoms with van der Waals surface area (Å²) >= 11 is 3.35. The molecule has 0 unspecified atom stereocenters. The van der Waals surface area contributed by atoms with Gasteiger partial charge < -0.3 is 11.1 Å². The van der Waals surface area contributed by atoms with Crippen LogP contribution < -0.4 is 11.1 Å². The Morgan fingerprint density at radius 2 is 1.92 bits per heavy atom. The Labute approximate surface area is 147 Å². The summed E-state index contributed by atoms with van der Waals surface area (Å²) in [6, 6.07) is 15.2. The third-order valence-electron chi connectivity index (χ3n) is 3.67. The molecule has 2 aromatic carbocycles. The van der Waals surface area contributed by atoms with Crippen LogP contribution in [-0.4, -0.2) is 20.9 Å². The molecular formula is C17H16BrN5O. The molecule has 24 heavy (non-hydrogen) atoms. The number of rotatable bonds is 4. The van der Waals surface area contributed by atoms with Gasteiger partial charge in [0.25, 0.3) is 5.91 Å². The molecule has 1 aromatic heterocycles. The smallest absolute Gasteiger partial charge is 0.280 e. The molecule has 7 heteroatoms. The second-order valence-corrected chi connectivity index (χ2v) is 6.28. The molecule has 0 aliphatic carbocycles. The molecule has 0 fully saturated rings. The van der Waals surface area contributed by atoms with E-state index >= 15 is 0 Å². The van der Waals surface area contributed by atoms with Crippen LogP contribution in [0.3, 0.4) is 0 Å². The topological polar surface area (TPSA) is 85.8 Å². The van der Waals surface area contributed by atoms with E-state index in [1.807, 2.05) is 43.3 Å². The molecule has 0 atom stereocenters. The number of amides is 1. The van der Waals surface area contributed by atoms with Gasteiger partial charge in [0.1, 0.15) is 0 Å². The zero-order valence-corrected chi connectivity index (χ0v) is 14.6. The summed E-state index contributed by atoms with van der Waals surface area (Å²) in [6.07, 6.45) is 0. The predicted molar refractivity (Wildman–Crippen MR) is 96.8 cm³/mol. The highest BCUT2D eigenvalue weighted by Gasteiger charge is 2.18. The van der Waals surface area contributed by atoms with Gasteiger partial charge in [-0.1, -0.05) is 45.4 Å². The van der Waals surface area contributed by atoms with Crippen LogP contribution in [-0.2, 0) is 6.54 Å². The highest BCUT2D eigenvalue weighted by molar-refractivity contribution is 9.10. The van der Waals surface area contributed by atoms with E-state index in [0.29, 0.717) is 12.2 Å². The lowest BCUT2D eigenvalue weighted by Gasteiger charge is -2.07. The molecule has 0 aliphatic heterocycles. The number of halogens is 1. The van der Waals surface area contributed by atoms with Crippen molar-refractivity contribution in [2.45, 2.75) is 13.5 Å². The predicted octanol–water partition coefficient (Wildman–Crippen LogP) is 3.23. The first kappa shape index (κ1) is 16.2. The molecule has 122 valence electrons. The molecular weight excluding hydrogens is 370 g/mol. The summed E-state index contributed by atoms with van der Waals surface area (Å²) in [6.45, 7) is 2.49. The zero-order valence-electron chi connectivity index (χ0n) is 13.0. The molecule has 0 aliphatic rings. The molecule has 0 bridgehead atoms. The lowest BCUT2D eigenvalue weighted by atomic mass is 10.1. The number of anilines is 2. The number of aryl methyl sites for hydroxylation is 1. The molecule has 0 spiro atoms. The Hall–Kier alpha value is -2.67. The van der Waals surface area contributed by atoms with Gasteiger partial charge in [0.05, 0.1) is 6.54 Å². The first-order valence-electron chi connectivity index (χ1n) is 7.35. The standard InChI is InChI=1S/C17H16BrN5O/c1-11-4-2-3-5-12(11)10-23-16(19)15(21-22-23)17(24)20-14-8-6-13(18)7-9-14/h2-9H,10,19H2,1H3,(H,20,24). The Bertz CT molecular complexity index is 873. The fraction of sp³-hybridized carbons (Fsp3) is 0.118. The van der Waals surface area contributed by atoms with Gasteiger partial charge in [-0.15, -0.1) is 5.10 Å². The van der Waals surface area contributed by atoms with Crippen molar-refractivity contribution in [2.24, 2.45) is 0 Å². The summed E-state index contributed by atoms with van der Waals surface area (Å²) < 4.78 is 2.46. The van der Waals surface area contributed by atoms with E-state index in [1.54, 1.807) is 12.1 Å². The average Bonchev–Trinajstić information content (AvgIpc) is 2.93. The highest BCUT2D eigenvalue weighted by atomic mass is 79.9. The maximum atomic E-state index is 12.3. The van der Waals surface area contributed by atoms with Gasteiger partial charge in [-0.05, 0) is 42.3 Å². The normalized spacial score (nSPS) is 10.6. The molecule has 1 heterocycles. The van der Waals surface area contributed by atoms with Gasteiger partial charge in [-0.3, -0.25) is 4.79 Å². The van der Waals surface area contributed by atoms with Crippen LogP contribution >= 0.6 is 15.9 Å². The number of benzene rings is 2. The number of carbonyl (C=O) groups excluding carboxylic acids is 1. The van der Waals surface area contributed by atoms with Crippen molar-refractivity contribution < 1.29 is 4.79 Å². The number of nitrogens with two attached hydrogens (primary N) is 1. The maximum absolute atomic E-state index is 12.3. The third-order valence-corrected chi connectivity index (χ3v) is 4.20. The number of hydrogen-bond donors (Lipinski definition) is 2. The van der Waals surface area contributed by atoms with Crippen molar-refractivity contribution in [2.75, 3.05) is 11.1 Å². The van der Waals surface area contributed by atoms with Crippen LogP contribution in [0.5, 0.6) is 0 Å². The minimum atomic E-state index is -0.383. The molecule has 3 aromatic rings. The molecule has 6 nitrogen and oxygen atoms in total.